The maximum absolute atomic E-state index is 11.6. The molecule has 0 aliphatic carbocycles. The number of rotatable bonds is 13. The molecular formula is C17H34O2. The van der Waals surface area contributed by atoms with E-state index in [2.05, 4.69) is 20.8 Å². The van der Waals surface area contributed by atoms with E-state index in [-0.39, 0.29) is 5.97 Å². The molecule has 0 amide bonds. The standard InChI is InChI=1S/C17H34O2/c1-4-7-9-10-11-12-14-17(18)19-15-16(6-3)13-8-5-2/h16H,4-15H2,1-3H3/t16-/m1/s1. The first-order chi connectivity index (χ1) is 9.24. The Bertz CT molecular complexity index is 201. The third kappa shape index (κ3) is 12.3. The second kappa shape index (κ2) is 13.9. The maximum Gasteiger partial charge on any atom is 0.305 e. The van der Waals surface area contributed by atoms with E-state index in [1.165, 1.54) is 51.4 Å². The number of unbranched alkanes of at least 4 members (excludes halogenated alkanes) is 6. The van der Waals surface area contributed by atoms with Crippen molar-refractivity contribution in [3.63, 3.8) is 0 Å². The summed E-state index contributed by atoms with van der Waals surface area (Å²) >= 11 is 0. The second-order valence-electron chi connectivity index (χ2n) is 5.62. The van der Waals surface area contributed by atoms with Crippen LogP contribution in [0.25, 0.3) is 0 Å². The van der Waals surface area contributed by atoms with E-state index in [4.69, 9.17) is 4.74 Å². The predicted octanol–water partition coefficient (Wildman–Crippen LogP) is 5.50. The highest BCUT2D eigenvalue weighted by Crippen LogP contribution is 2.14. The van der Waals surface area contributed by atoms with Gasteiger partial charge in [-0.2, -0.15) is 0 Å². The van der Waals surface area contributed by atoms with Crippen LogP contribution in [0, 0.1) is 5.92 Å². The molecule has 2 heteroatoms. The van der Waals surface area contributed by atoms with Gasteiger partial charge in [0.05, 0.1) is 6.61 Å². The van der Waals surface area contributed by atoms with Crippen LogP contribution in [0.1, 0.15) is 91.4 Å². The number of carbonyl (C=O) groups excluding carboxylic acids is 1. The first-order valence-electron chi connectivity index (χ1n) is 8.40. The van der Waals surface area contributed by atoms with Crippen molar-refractivity contribution >= 4 is 5.97 Å². The minimum absolute atomic E-state index is 0.00504. The number of carbonyl (C=O) groups is 1. The van der Waals surface area contributed by atoms with Gasteiger partial charge < -0.3 is 4.74 Å². The molecule has 0 rings (SSSR count). The van der Waals surface area contributed by atoms with Gasteiger partial charge in [0.25, 0.3) is 0 Å². The number of hydrogen-bond donors (Lipinski definition) is 0. The zero-order valence-corrected chi connectivity index (χ0v) is 13.4. The normalized spacial score (nSPS) is 12.4. The summed E-state index contributed by atoms with van der Waals surface area (Å²) in [6, 6.07) is 0. The minimum Gasteiger partial charge on any atom is -0.465 e. The van der Waals surface area contributed by atoms with Gasteiger partial charge in [-0.25, -0.2) is 0 Å². The quantitative estimate of drug-likeness (QED) is 0.326. The molecule has 1 atom stereocenters. The summed E-state index contributed by atoms with van der Waals surface area (Å²) in [6.45, 7) is 7.24. The SMILES string of the molecule is CCCCCCCCC(=O)OC[C@H](CC)CCCC. The van der Waals surface area contributed by atoms with E-state index in [1.807, 2.05) is 0 Å². The van der Waals surface area contributed by atoms with E-state index in [0.29, 0.717) is 18.9 Å². The van der Waals surface area contributed by atoms with Gasteiger partial charge in [0.15, 0.2) is 0 Å². The van der Waals surface area contributed by atoms with Gasteiger partial charge in [0, 0.05) is 6.42 Å². The molecule has 2 nitrogen and oxygen atoms in total. The third-order valence-electron chi connectivity index (χ3n) is 3.76. The van der Waals surface area contributed by atoms with Crippen molar-refractivity contribution in [3.05, 3.63) is 0 Å². The van der Waals surface area contributed by atoms with Gasteiger partial charge in [0.1, 0.15) is 0 Å². The molecular weight excluding hydrogens is 236 g/mol. The van der Waals surface area contributed by atoms with E-state index in [1.54, 1.807) is 0 Å². The molecule has 0 heterocycles. The van der Waals surface area contributed by atoms with E-state index in [0.717, 1.165) is 12.8 Å². The highest BCUT2D eigenvalue weighted by atomic mass is 16.5. The molecule has 0 bridgehead atoms. The van der Waals surface area contributed by atoms with E-state index >= 15 is 0 Å². The lowest BCUT2D eigenvalue weighted by atomic mass is 10.0. The molecule has 0 aromatic heterocycles. The third-order valence-corrected chi connectivity index (χ3v) is 3.76. The minimum atomic E-state index is 0.00504. The molecule has 0 fully saturated rings. The van der Waals surface area contributed by atoms with Crippen molar-refractivity contribution in [2.45, 2.75) is 91.4 Å². The van der Waals surface area contributed by atoms with Gasteiger partial charge in [-0.1, -0.05) is 72.1 Å². The Labute approximate surface area is 120 Å². The summed E-state index contributed by atoms with van der Waals surface area (Å²) < 4.78 is 5.38. The van der Waals surface area contributed by atoms with Gasteiger partial charge in [-0.05, 0) is 18.8 Å². The Morgan fingerprint density at radius 1 is 0.895 bits per heavy atom. The highest BCUT2D eigenvalue weighted by molar-refractivity contribution is 5.69. The van der Waals surface area contributed by atoms with Gasteiger partial charge in [-0.3, -0.25) is 4.79 Å². The van der Waals surface area contributed by atoms with E-state index in [9.17, 15) is 4.79 Å². The molecule has 0 aliphatic rings. The summed E-state index contributed by atoms with van der Waals surface area (Å²) in [5.74, 6) is 0.568. The molecule has 114 valence electrons. The van der Waals surface area contributed by atoms with E-state index < -0.39 is 0 Å². The summed E-state index contributed by atoms with van der Waals surface area (Å²) in [7, 11) is 0. The molecule has 19 heavy (non-hydrogen) atoms. The molecule has 0 N–H and O–H groups in total. The Morgan fingerprint density at radius 3 is 2.16 bits per heavy atom. The number of hydrogen-bond acceptors (Lipinski definition) is 2. The summed E-state index contributed by atoms with van der Waals surface area (Å²) in [6.07, 6.45) is 12.7. The first-order valence-corrected chi connectivity index (χ1v) is 8.40. The lowest BCUT2D eigenvalue weighted by molar-refractivity contribution is -0.145. The molecule has 0 aromatic carbocycles. The van der Waals surface area contributed by atoms with Crippen molar-refractivity contribution in [1.82, 2.24) is 0 Å². The van der Waals surface area contributed by atoms with Gasteiger partial charge in [-0.15, -0.1) is 0 Å². The fourth-order valence-electron chi connectivity index (χ4n) is 2.23. The topological polar surface area (TPSA) is 26.3 Å². The molecule has 0 radical (unpaired) electrons. The predicted molar refractivity (Wildman–Crippen MR) is 82.3 cm³/mol. The fourth-order valence-corrected chi connectivity index (χ4v) is 2.23. The molecule has 0 spiro atoms. The molecule has 0 aliphatic heterocycles. The fraction of sp³-hybridized carbons (Fsp3) is 0.941. The van der Waals surface area contributed by atoms with Crippen LogP contribution in [0.4, 0.5) is 0 Å². The van der Waals surface area contributed by atoms with Gasteiger partial charge in [0.2, 0.25) is 0 Å². The summed E-state index contributed by atoms with van der Waals surface area (Å²) in [5.41, 5.74) is 0. The molecule has 0 aromatic rings. The van der Waals surface area contributed by atoms with Crippen LogP contribution in [-0.4, -0.2) is 12.6 Å². The summed E-state index contributed by atoms with van der Waals surface area (Å²) in [5, 5.41) is 0. The van der Waals surface area contributed by atoms with Crippen LogP contribution in [0.2, 0.25) is 0 Å². The number of esters is 1. The van der Waals surface area contributed by atoms with Crippen LogP contribution in [-0.2, 0) is 9.53 Å². The number of ether oxygens (including phenoxy) is 1. The van der Waals surface area contributed by atoms with Crippen LogP contribution in [0.3, 0.4) is 0 Å². The average Bonchev–Trinajstić information content (AvgIpc) is 2.43. The van der Waals surface area contributed by atoms with Crippen LogP contribution >= 0.6 is 0 Å². The van der Waals surface area contributed by atoms with Crippen LogP contribution in [0.15, 0.2) is 0 Å². The average molecular weight is 270 g/mol. The Morgan fingerprint density at radius 2 is 1.53 bits per heavy atom. The zero-order chi connectivity index (χ0) is 14.3. The lowest BCUT2D eigenvalue weighted by Crippen LogP contribution is -2.13. The maximum atomic E-state index is 11.6. The zero-order valence-electron chi connectivity index (χ0n) is 13.4. The smallest absolute Gasteiger partial charge is 0.305 e. The first kappa shape index (κ1) is 18.5. The van der Waals surface area contributed by atoms with Crippen molar-refractivity contribution < 1.29 is 9.53 Å². The highest BCUT2D eigenvalue weighted by Gasteiger charge is 2.09. The largest absolute Gasteiger partial charge is 0.465 e. The van der Waals surface area contributed by atoms with Crippen molar-refractivity contribution in [2.75, 3.05) is 6.61 Å². The lowest BCUT2D eigenvalue weighted by Gasteiger charge is -2.14. The molecule has 0 unspecified atom stereocenters. The van der Waals surface area contributed by atoms with Crippen LogP contribution in [0.5, 0.6) is 0 Å². The van der Waals surface area contributed by atoms with Crippen LogP contribution < -0.4 is 0 Å². The molecule has 0 saturated carbocycles. The van der Waals surface area contributed by atoms with Gasteiger partial charge >= 0.3 is 5.97 Å². The Balaban J connectivity index is 3.46. The van der Waals surface area contributed by atoms with Crippen molar-refractivity contribution in [1.29, 1.82) is 0 Å². The van der Waals surface area contributed by atoms with Crippen molar-refractivity contribution in [2.24, 2.45) is 5.92 Å². The Kier molecular flexibility index (Phi) is 13.5. The van der Waals surface area contributed by atoms with Crippen molar-refractivity contribution in [3.8, 4) is 0 Å². The Hall–Kier alpha value is -0.530. The summed E-state index contributed by atoms with van der Waals surface area (Å²) in [4.78, 5) is 11.6. The second-order valence-corrected chi connectivity index (χ2v) is 5.62. The molecule has 0 saturated heterocycles. The monoisotopic (exact) mass is 270 g/mol.